The van der Waals surface area contributed by atoms with Crippen molar-refractivity contribution in [1.29, 1.82) is 0 Å². The van der Waals surface area contributed by atoms with Crippen molar-refractivity contribution in [3.8, 4) is 17.2 Å². The highest BCUT2D eigenvalue weighted by Gasteiger charge is 2.34. The third kappa shape index (κ3) is 7.15. The Bertz CT molecular complexity index is 2250. The predicted octanol–water partition coefficient (Wildman–Crippen LogP) is 5.26. The molecule has 0 spiro atoms. The van der Waals surface area contributed by atoms with E-state index in [1.54, 1.807) is 48.5 Å². The third-order valence-electron chi connectivity index (χ3n) is 8.11. The molecule has 3 N–H and O–H groups in total. The number of carboxylic acid groups (broad SMARTS) is 2. The van der Waals surface area contributed by atoms with Crippen LogP contribution in [-0.4, -0.2) is 48.0 Å². The number of para-hydroxylation sites is 1. The first-order valence-corrected chi connectivity index (χ1v) is 16.6. The van der Waals surface area contributed by atoms with Gasteiger partial charge in [-0.15, -0.1) is 11.3 Å². The first-order chi connectivity index (χ1) is 23.6. The van der Waals surface area contributed by atoms with Crippen LogP contribution in [0.25, 0.3) is 15.8 Å². The van der Waals surface area contributed by atoms with Gasteiger partial charge in [0.1, 0.15) is 17.5 Å². The second-order valence-corrected chi connectivity index (χ2v) is 12.8. The molecule has 14 heteroatoms. The molecule has 49 heavy (non-hydrogen) atoms. The first-order valence-electron chi connectivity index (χ1n) is 15.3. The van der Waals surface area contributed by atoms with Crippen molar-refractivity contribution in [1.82, 2.24) is 19.2 Å². The van der Waals surface area contributed by atoms with Gasteiger partial charge in [-0.3, -0.25) is 9.59 Å². The molecule has 3 unspecified atom stereocenters. The number of hydrogen-bond acceptors (Lipinski definition) is 8. The lowest BCUT2D eigenvalue weighted by Gasteiger charge is -2.27. The number of aromatic nitrogens is 3. The fourth-order valence-corrected chi connectivity index (χ4v) is 6.94. The number of aliphatic carboxylic acids is 2. The predicted molar refractivity (Wildman–Crippen MR) is 185 cm³/mol. The molecule has 0 bridgehead atoms. The van der Waals surface area contributed by atoms with Crippen LogP contribution < -0.4 is 21.4 Å². The van der Waals surface area contributed by atoms with E-state index in [-0.39, 0.29) is 31.4 Å². The van der Waals surface area contributed by atoms with Gasteiger partial charge in [-0.05, 0) is 78.4 Å². The fraction of sp³-hybridized carbons (Fsp3) is 0.200. The van der Waals surface area contributed by atoms with Crippen molar-refractivity contribution >= 4 is 51.5 Å². The van der Waals surface area contributed by atoms with E-state index in [2.05, 4.69) is 5.32 Å². The number of carbonyl (C=O) groups excluding carboxylic acids is 1. The quantitative estimate of drug-likeness (QED) is 0.117. The van der Waals surface area contributed by atoms with Crippen LogP contribution in [0.5, 0.6) is 11.5 Å². The Kier molecular flexibility index (Phi) is 9.69. The van der Waals surface area contributed by atoms with E-state index in [1.165, 1.54) is 29.5 Å². The van der Waals surface area contributed by atoms with Crippen molar-refractivity contribution in [2.75, 3.05) is 0 Å². The zero-order valence-electron chi connectivity index (χ0n) is 25.8. The van der Waals surface area contributed by atoms with E-state index < -0.39 is 47.4 Å². The van der Waals surface area contributed by atoms with Gasteiger partial charge in [-0.2, -0.15) is 0 Å². The van der Waals surface area contributed by atoms with Gasteiger partial charge in [0.05, 0.1) is 11.7 Å². The molecule has 1 aliphatic heterocycles. The average molecular weight is 699 g/mol. The zero-order chi connectivity index (χ0) is 34.7. The second-order valence-electron chi connectivity index (χ2n) is 11.4. The lowest BCUT2D eigenvalue weighted by molar-refractivity contribution is -0.142. The van der Waals surface area contributed by atoms with E-state index in [0.29, 0.717) is 21.6 Å². The van der Waals surface area contributed by atoms with E-state index >= 15 is 0 Å². The molecular formula is C35H30N4O8S2. The van der Waals surface area contributed by atoms with Crippen LogP contribution >= 0.6 is 23.6 Å². The summed E-state index contributed by atoms with van der Waals surface area (Å²) in [6, 6.07) is 19.1. The Morgan fingerprint density at radius 3 is 2.33 bits per heavy atom. The van der Waals surface area contributed by atoms with Crippen LogP contribution in [0.3, 0.4) is 0 Å². The standard InChI is InChI=1S/C35H30N4O8S2/c40-31(41)8-4-5-23-12-15-28(32(42)36-27(33(43)44)20-21-9-16-30-26(19-21)29(48)17-18-49-30)39-35(46)37(34(45)38(23)39)22-10-13-25(14-11-22)47-24-6-2-1-3-7-24/h1-3,6-7,9-19,23,27-28H,4-5,8,20H2,(H,36,42)(H,40,41)(H,43,44). The summed E-state index contributed by atoms with van der Waals surface area (Å²) < 4.78 is 10.4. The number of carboxylic acids is 2. The van der Waals surface area contributed by atoms with Gasteiger partial charge in [0.15, 0.2) is 6.04 Å². The number of carbonyl (C=O) groups is 3. The highest BCUT2D eigenvalue weighted by Crippen LogP contribution is 2.26. The maximum absolute atomic E-state index is 14.0. The Morgan fingerprint density at radius 2 is 1.61 bits per heavy atom. The van der Waals surface area contributed by atoms with Gasteiger partial charge in [0.2, 0.25) is 5.91 Å². The number of fused-ring (bicyclic) bond motifs is 2. The minimum Gasteiger partial charge on any atom is -0.481 e. The number of amides is 1. The number of rotatable bonds is 12. The molecule has 0 saturated heterocycles. The van der Waals surface area contributed by atoms with Gasteiger partial charge >= 0.3 is 23.3 Å². The lowest BCUT2D eigenvalue weighted by Crippen LogP contribution is -2.48. The number of ether oxygens (including phenoxy) is 1. The normalized spacial score (nSPS) is 15.8. The molecule has 0 aliphatic carbocycles. The SMILES string of the molecule is O=C(O)CCCC1C=CC(C(=O)NC(Cc2ccc3sccc(=S)c3c2)C(=O)O)n2c(=O)n(-c3ccc(Oc4ccccc4)cc3)c(=O)n21. The van der Waals surface area contributed by atoms with Crippen molar-refractivity contribution in [2.45, 2.75) is 43.8 Å². The Morgan fingerprint density at radius 1 is 0.898 bits per heavy atom. The summed E-state index contributed by atoms with van der Waals surface area (Å²) in [5, 5.41) is 24.4. The molecule has 1 amide bonds. The molecule has 5 aromatic rings. The topological polar surface area (TPSA) is 162 Å². The van der Waals surface area contributed by atoms with Gasteiger partial charge in [0.25, 0.3) is 0 Å². The summed E-state index contributed by atoms with van der Waals surface area (Å²) in [4.78, 5) is 65.1. The Hall–Kier alpha value is -5.60. The Labute approximate surface area is 287 Å². The van der Waals surface area contributed by atoms with Gasteiger partial charge < -0.3 is 20.3 Å². The number of hydrogen-bond donors (Lipinski definition) is 3. The minimum absolute atomic E-state index is 0.0558. The van der Waals surface area contributed by atoms with E-state index in [4.69, 9.17) is 22.1 Å². The molecule has 6 rings (SSSR count). The van der Waals surface area contributed by atoms with Crippen molar-refractivity contribution in [3.05, 3.63) is 127 Å². The van der Waals surface area contributed by atoms with Gasteiger partial charge in [-0.1, -0.05) is 48.6 Å². The van der Waals surface area contributed by atoms with Crippen LogP contribution in [0, 0.1) is 4.51 Å². The van der Waals surface area contributed by atoms with E-state index in [0.717, 1.165) is 24.0 Å². The van der Waals surface area contributed by atoms with Crippen LogP contribution in [0.2, 0.25) is 0 Å². The fourth-order valence-electron chi connectivity index (χ4n) is 5.76. The van der Waals surface area contributed by atoms with Crippen LogP contribution in [0.1, 0.15) is 36.9 Å². The van der Waals surface area contributed by atoms with Crippen LogP contribution in [-0.2, 0) is 20.8 Å². The summed E-state index contributed by atoms with van der Waals surface area (Å²) >= 11 is 6.93. The van der Waals surface area contributed by atoms with E-state index in [9.17, 15) is 29.1 Å². The summed E-state index contributed by atoms with van der Waals surface area (Å²) in [7, 11) is 0. The van der Waals surface area contributed by atoms with Crippen molar-refractivity contribution < 1.29 is 29.3 Å². The van der Waals surface area contributed by atoms with Crippen molar-refractivity contribution in [3.63, 3.8) is 0 Å². The van der Waals surface area contributed by atoms with E-state index in [1.807, 2.05) is 29.6 Å². The molecule has 3 aromatic carbocycles. The zero-order valence-corrected chi connectivity index (χ0v) is 27.4. The van der Waals surface area contributed by atoms with Gasteiger partial charge in [0, 0.05) is 27.4 Å². The monoisotopic (exact) mass is 698 g/mol. The molecule has 250 valence electrons. The summed E-state index contributed by atoms with van der Waals surface area (Å²) in [6.07, 6.45) is 3.20. The molecule has 3 atom stereocenters. The maximum Gasteiger partial charge on any atom is 0.352 e. The molecule has 0 fully saturated rings. The molecular weight excluding hydrogens is 669 g/mol. The highest BCUT2D eigenvalue weighted by atomic mass is 32.1. The smallest absolute Gasteiger partial charge is 0.352 e. The highest BCUT2D eigenvalue weighted by molar-refractivity contribution is 7.71. The average Bonchev–Trinajstić information content (AvgIpc) is 3.35. The van der Waals surface area contributed by atoms with Crippen LogP contribution in [0.4, 0.5) is 0 Å². The number of allylic oxidation sites excluding steroid dienone is 1. The molecule has 0 saturated carbocycles. The number of nitrogens with zero attached hydrogens (tertiary/aromatic N) is 3. The number of benzene rings is 3. The minimum atomic E-state index is -1.36. The summed E-state index contributed by atoms with van der Waals surface area (Å²) in [5.41, 5.74) is -0.705. The molecule has 3 heterocycles. The lowest BCUT2D eigenvalue weighted by atomic mass is 10.0. The molecule has 1 aliphatic rings. The molecule has 2 aromatic heterocycles. The van der Waals surface area contributed by atoms with Crippen LogP contribution in [0.15, 0.2) is 106 Å². The third-order valence-corrected chi connectivity index (χ3v) is 9.35. The van der Waals surface area contributed by atoms with Gasteiger partial charge in [-0.25, -0.2) is 28.3 Å². The maximum atomic E-state index is 14.0. The largest absolute Gasteiger partial charge is 0.481 e. The Balaban J connectivity index is 1.31. The summed E-state index contributed by atoms with van der Waals surface area (Å²) in [5.74, 6) is -2.03. The number of nitrogens with one attached hydrogen (secondary N) is 1. The summed E-state index contributed by atoms with van der Waals surface area (Å²) in [6.45, 7) is 0. The molecule has 12 nitrogen and oxygen atoms in total. The first kappa shape index (κ1) is 33.3. The van der Waals surface area contributed by atoms with Crippen molar-refractivity contribution in [2.24, 2.45) is 0 Å². The molecule has 0 radical (unpaired) electrons. The second kappa shape index (κ2) is 14.3.